The van der Waals surface area contributed by atoms with Gasteiger partial charge in [-0.2, -0.15) is 42.3 Å². The van der Waals surface area contributed by atoms with Crippen LogP contribution in [0.1, 0.15) is 5.56 Å². The van der Waals surface area contributed by atoms with E-state index in [0.717, 1.165) is 0 Å². The smallest absolute Gasteiger partial charge is 0.281 e. The molecule has 0 bridgehead atoms. The van der Waals surface area contributed by atoms with Crippen molar-refractivity contribution in [2.75, 3.05) is 0 Å². The van der Waals surface area contributed by atoms with Crippen LogP contribution in [0.5, 0.6) is 0 Å². The summed E-state index contributed by atoms with van der Waals surface area (Å²) >= 11 is 0. The molecule has 4 N–H and O–H groups in total. The highest BCUT2D eigenvalue weighted by molar-refractivity contribution is 8.06. The van der Waals surface area contributed by atoms with Crippen LogP contribution in [0, 0.1) is 0 Å². The van der Waals surface area contributed by atoms with Gasteiger partial charge in [0, 0.05) is 12.6 Å². The molecule has 1 heterocycles. The van der Waals surface area contributed by atoms with Crippen molar-refractivity contribution < 1.29 is 51.9 Å². The summed E-state index contributed by atoms with van der Waals surface area (Å²) < 4.78 is 125. The molecular weight excluding hydrogens is 468 g/mol. The predicted octanol–water partition coefficient (Wildman–Crippen LogP) is -1.32. The zero-order valence-electron chi connectivity index (χ0n) is 13.3. The van der Waals surface area contributed by atoms with Crippen LogP contribution in [-0.2, 0) is 47.3 Å². The van der Waals surface area contributed by atoms with Gasteiger partial charge in [-0.1, -0.05) is 30.3 Å². The van der Waals surface area contributed by atoms with Gasteiger partial charge in [0.15, 0.2) is 0 Å². The molecule has 1 aliphatic heterocycles. The molecule has 18 heteroatoms. The Hall–Kier alpha value is -1.80. The molecule has 0 spiro atoms. The topological polar surface area (TPSA) is 224 Å². The van der Waals surface area contributed by atoms with E-state index in [1.165, 1.54) is 30.3 Å². The second kappa shape index (κ2) is 6.62. The second-order valence-electron chi connectivity index (χ2n) is 5.30. The summed E-state index contributed by atoms with van der Waals surface area (Å²) in [6.07, 6.45) is -0.697. The Bertz CT molecular complexity index is 1200. The maximum atomic E-state index is 11.9. The molecule has 0 saturated heterocycles. The summed E-state index contributed by atoms with van der Waals surface area (Å²) in [5, 5.41) is 0. The average Bonchev–Trinajstić information content (AvgIpc) is 2.84. The molecule has 0 radical (unpaired) electrons. The van der Waals surface area contributed by atoms with Gasteiger partial charge in [-0.25, -0.2) is 0 Å². The third-order valence-electron chi connectivity index (χ3n) is 3.44. The lowest BCUT2D eigenvalue weighted by molar-refractivity contribution is 0.243. The molecule has 158 valence electrons. The van der Waals surface area contributed by atoms with Crippen LogP contribution in [0.4, 0.5) is 0 Å². The maximum absolute atomic E-state index is 11.9. The lowest BCUT2D eigenvalue weighted by atomic mass is 10.1. The van der Waals surface area contributed by atoms with E-state index in [4.69, 9.17) is 0 Å². The van der Waals surface area contributed by atoms with Crippen LogP contribution in [0.15, 0.2) is 42.2 Å². The molecule has 0 unspecified atom stereocenters. The molecule has 0 aliphatic carbocycles. The first-order chi connectivity index (χ1) is 12.4. The fraction of sp³-hybridized carbons (Fsp3) is 0.200. The van der Waals surface area contributed by atoms with Crippen molar-refractivity contribution in [3.63, 3.8) is 0 Å². The van der Waals surface area contributed by atoms with Crippen molar-refractivity contribution in [1.29, 1.82) is 0 Å². The Labute approximate surface area is 160 Å². The highest BCUT2D eigenvalue weighted by Crippen LogP contribution is 2.44. The highest BCUT2D eigenvalue weighted by atomic mass is 32.3. The summed E-state index contributed by atoms with van der Waals surface area (Å²) in [6, 6.07) is 7.06. The Morgan fingerprint density at radius 3 is 1.57 bits per heavy atom. The fourth-order valence-electron chi connectivity index (χ4n) is 2.54. The number of allylic oxidation sites excluding steroid dienone is 1. The molecule has 2 rings (SSSR count). The van der Waals surface area contributed by atoms with Crippen LogP contribution in [0.2, 0.25) is 0 Å². The molecule has 1 aromatic carbocycles. The van der Waals surface area contributed by atoms with E-state index in [9.17, 15) is 51.9 Å². The minimum Gasteiger partial charge on any atom is -0.281 e. The van der Waals surface area contributed by atoms with Gasteiger partial charge in [-0.05, 0) is 5.56 Å². The van der Waals surface area contributed by atoms with Crippen molar-refractivity contribution in [3.05, 3.63) is 47.8 Å². The lowest BCUT2D eigenvalue weighted by Crippen LogP contribution is -2.66. The second-order valence-corrected chi connectivity index (χ2v) is 11.1. The van der Waals surface area contributed by atoms with Crippen molar-refractivity contribution in [1.82, 2.24) is 8.61 Å². The molecule has 14 nitrogen and oxygen atoms in total. The standard InChI is InChI=1S/C10H12N2O12S4/c13-25(14,15)10(26(16,17)18)11(27(19,20)21)7-9(12(10)28(22,23)24)6-8-4-2-1-3-5-8/h1-5,7H,6H2,(H,13,14,15)(H,16,17,18)(H,19,20,21)(H,22,23,24). The van der Waals surface area contributed by atoms with Gasteiger partial charge in [0.25, 0.3) is 0 Å². The third kappa shape index (κ3) is 3.59. The van der Waals surface area contributed by atoms with E-state index in [1.54, 1.807) is 0 Å². The predicted molar refractivity (Wildman–Crippen MR) is 90.8 cm³/mol. The Morgan fingerprint density at radius 2 is 1.21 bits per heavy atom. The number of hydrogen-bond acceptors (Lipinski definition) is 8. The summed E-state index contributed by atoms with van der Waals surface area (Å²) in [6.45, 7) is 0. The van der Waals surface area contributed by atoms with E-state index >= 15 is 0 Å². The van der Waals surface area contributed by atoms with Crippen LogP contribution in [0.3, 0.4) is 0 Å². The van der Waals surface area contributed by atoms with Crippen molar-refractivity contribution >= 4 is 40.8 Å². The number of nitrogens with zero attached hydrogens (tertiary/aromatic N) is 2. The van der Waals surface area contributed by atoms with E-state index in [-0.39, 0.29) is 11.8 Å². The number of rotatable bonds is 6. The normalized spacial score (nSPS) is 18.2. The van der Waals surface area contributed by atoms with Gasteiger partial charge >= 0.3 is 45.2 Å². The minimum absolute atomic E-state index is 0.0116. The summed E-state index contributed by atoms with van der Waals surface area (Å²) in [7, 11) is -24.8. The fourth-order valence-corrected chi connectivity index (χ4v) is 8.55. The van der Waals surface area contributed by atoms with Crippen LogP contribution in [0.25, 0.3) is 0 Å². The van der Waals surface area contributed by atoms with E-state index < -0.39 is 65.9 Å². The summed E-state index contributed by atoms with van der Waals surface area (Å²) in [5.74, 6) is 0. The molecule has 0 aromatic heterocycles. The van der Waals surface area contributed by atoms with Gasteiger partial charge in [0.2, 0.25) is 0 Å². The molecule has 0 saturated carbocycles. The zero-order chi connectivity index (χ0) is 21.8. The molecule has 1 aromatic rings. The Morgan fingerprint density at radius 1 is 0.750 bits per heavy atom. The first-order valence-corrected chi connectivity index (χ1v) is 12.3. The lowest BCUT2D eigenvalue weighted by Gasteiger charge is -2.36. The summed E-state index contributed by atoms with van der Waals surface area (Å²) in [5.41, 5.74) is -0.874. The summed E-state index contributed by atoms with van der Waals surface area (Å²) in [4.78, 5) is 0. The molecule has 0 atom stereocenters. The third-order valence-corrected chi connectivity index (χ3v) is 9.10. The largest absolute Gasteiger partial charge is 0.400 e. The molecule has 0 fully saturated rings. The van der Waals surface area contributed by atoms with Crippen LogP contribution in [-0.4, -0.2) is 64.8 Å². The van der Waals surface area contributed by atoms with Gasteiger partial charge in [0.05, 0.1) is 5.70 Å². The van der Waals surface area contributed by atoms with Gasteiger partial charge in [0.1, 0.15) is 0 Å². The minimum atomic E-state index is -6.43. The van der Waals surface area contributed by atoms with E-state index in [0.29, 0.717) is 0 Å². The van der Waals surface area contributed by atoms with Gasteiger partial charge in [-0.3, -0.25) is 18.2 Å². The number of hydrogen-bond donors (Lipinski definition) is 4. The number of benzene rings is 1. The molecular formula is C10H12N2O12S4. The van der Waals surface area contributed by atoms with E-state index in [2.05, 4.69) is 0 Å². The molecule has 0 amide bonds. The van der Waals surface area contributed by atoms with E-state index in [1.807, 2.05) is 0 Å². The van der Waals surface area contributed by atoms with Crippen LogP contribution < -0.4 is 0 Å². The Kier molecular flexibility index (Phi) is 5.32. The highest BCUT2D eigenvalue weighted by Gasteiger charge is 2.73. The first-order valence-electron chi connectivity index (χ1n) is 6.67. The van der Waals surface area contributed by atoms with Crippen LogP contribution >= 0.6 is 0 Å². The SMILES string of the molecule is O=S(=O)(O)N1C=C(Cc2ccccc2)N(S(=O)(=O)O)C1(S(=O)(=O)O)S(=O)(=O)O. The van der Waals surface area contributed by atoms with Gasteiger partial charge < -0.3 is 0 Å². The van der Waals surface area contributed by atoms with Crippen molar-refractivity contribution in [3.8, 4) is 0 Å². The monoisotopic (exact) mass is 480 g/mol. The quantitative estimate of drug-likeness (QED) is 0.348. The molecule has 1 aliphatic rings. The van der Waals surface area contributed by atoms with Gasteiger partial charge in [-0.15, -0.1) is 0 Å². The molecule has 28 heavy (non-hydrogen) atoms. The Balaban J connectivity index is 2.97. The van der Waals surface area contributed by atoms with Crippen molar-refractivity contribution in [2.45, 2.75) is 10.7 Å². The zero-order valence-corrected chi connectivity index (χ0v) is 16.5. The maximum Gasteiger partial charge on any atom is 0.400 e. The average molecular weight is 480 g/mol. The first kappa shape index (κ1) is 22.5. The van der Waals surface area contributed by atoms with Crippen molar-refractivity contribution in [2.24, 2.45) is 0 Å².